The fraction of sp³-hybridized carbons (Fsp3) is 0.316. The third-order valence-corrected chi connectivity index (χ3v) is 5.49. The van der Waals surface area contributed by atoms with Gasteiger partial charge in [0, 0.05) is 17.9 Å². The highest BCUT2D eigenvalue weighted by atomic mass is 35.5. The van der Waals surface area contributed by atoms with Crippen molar-refractivity contribution in [3.63, 3.8) is 0 Å². The number of morpholine rings is 1. The van der Waals surface area contributed by atoms with E-state index < -0.39 is 37.8 Å². The maximum absolute atomic E-state index is 12.3. The number of hydrogen-bond acceptors (Lipinski definition) is 6. The second kappa shape index (κ2) is 8.40. The summed E-state index contributed by atoms with van der Waals surface area (Å²) in [5, 5.41) is 2.70. The lowest BCUT2D eigenvalue weighted by Gasteiger charge is -2.27. The quantitative estimate of drug-likeness (QED) is 0.773. The molecular formula is C19H18ClN3O5S. The van der Waals surface area contributed by atoms with Gasteiger partial charge < -0.3 is 19.7 Å². The molecule has 0 bridgehead atoms. The fourth-order valence-electron chi connectivity index (χ4n) is 2.86. The molecule has 0 aliphatic carbocycles. The van der Waals surface area contributed by atoms with Crippen molar-refractivity contribution < 1.29 is 29.3 Å². The van der Waals surface area contributed by atoms with E-state index in [9.17, 15) is 14.4 Å². The molecule has 2 aliphatic rings. The molecule has 0 radical (unpaired) electrons. The molecule has 152 valence electrons. The monoisotopic (exact) mass is 439 g/mol. The Hall–Kier alpha value is -2.62. The van der Waals surface area contributed by atoms with Crippen LogP contribution in [0.15, 0.2) is 36.4 Å². The van der Waals surface area contributed by atoms with Gasteiger partial charge in [0.2, 0.25) is 0 Å². The molecule has 2 aliphatic heterocycles. The van der Waals surface area contributed by atoms with E-state index in [-0.39, 0.29) is 24.7 Å². The molecule has 2 saturated heterocycles. The summed E-state index contributed by atoms with van der Waals surface area (Å²) < 4.78 is 42.0. The molecule has 3 amide bonds. The number of anilines is 2. The van der Waals surface area contributed by atoms with Gasteiger partial charge in [-0.05, 0) is 36.4 Å². The summed E-state index contributed by atoms with van der Waals surface area (Å²) in [6, 6.07) is 9.04. The van der Waals surface area contributed by atoms with Crippen LogP contribution >= 0.6 is 22.9 Å². The molecule has 10 heteroatoms. The van der Waals surface area contributed by atoms with Gasteiger partial charge in [-0.15, -0.1) is 11.3 Å². The first-order valence-corrected chi connectivity index (χ1v) is 9.78. The van der Waals surface area contributed by atoms with Crippen LogP contribution in [0, 0.1) is 0 Å². The average Bonchev–Trinajstić information content (AvgIpc) is 3.35. The molecule has 1 aromatic heterocycles. The molecule has 1 N–H and O–H groups in total. The van der Waals surface area contributed by atoms with Gasteiger partial charge in [-0.3, -0.25) is 14.5 Å². The summed E-state index contributed by atoms with van der Waals surface area (Å²) in [6.45, 7) is -5.75. The smallest absolute Gasteiger partial charge is 0.414 e. The molecule has 1 atom stereocenters. The van der Waals surface area contributed by atoms with Crippen molar-refractivity contribution in [1.82, 2.24) is 5.32 Å². The van der Waals surface area contributed by atoms with Crippen LogP contribution < -0.4 is 15.1 Å². The van der Waals surface area contributed by atoms with Gasteiger partial charge in [-0.2, -0.15) is 0 Å². The number of nitrogens with one attached hydrogen (secondary N) is 1. The van der Waals surface area contributed by atoms with Gasteiger partial charge in [-0.1, -0.05) is 11.6 Å². The number of carbonyl (C=O) groups is 3. The molecule has 0 saturated carbocycles. The maximum atomic E-state index is 12.3. The number of carbonyl (C=O) groups excluding carboxylic acids is 3. The van der Waals surface area contributed by atoms with E-state index in [4.69, 9.17) is 26.6 Å². The standard InChI is InChI=1S/C19H18ClN3O5S/c20-16-6-5-15(29-16)18(25)21-9-14-10-23(19(26)28-14)13-3-1-12(2-4-13)22-7-8-27-11-17(22)24/h1-6,14H,7-11H2,(H,21,25)/t14-/m0/s1/i7D2,8D2. The SMILES string of the molecule is [2H]C1([2H])OCC(=O)N(c2ccc(N3C[C@H](CNC(=O)c4ccc(Cl)s4)OC3=O)cc2)C1([2H])[2H]. The minimum absolute atomic E-state index is 0.103. The zero-order chi connectivity index (χ0) is 24.0. The number of halogens is 1. The topological polar surface area (TPSA) is 88.2 Å². The fourth-order valence-corrected chi connectivity index (χ4v) is 3.82. The predicted molar refractivity (Wildman–Crippen MR) is 109 cm³/mol. The zero-order valence-electron chi connectivity index (χ0n) is 18.9. The van der Waals surface area contributed by atoms with Gasteiger partial charge in [0.1, 0.15) is 12.7 Å². The molecule has 1 aromatic carbocycles. The first kappa shape index (κ1) is 15.3. The molecule has 0 unspecified atom stereocenters. The van der Waals surface area contributed by atoms with Gasteiger partial charge in [0.05, 0.1) is 34.3 Å². The summed E-state index contributed by atoms with van der Waals surface area (Å²) >= 11 is 6.97. The molecular weight excluding hydrogens is 418 g/mol. The highest BCUT2D eigenvalue weighted by Gasteiger charge is 2.33. The van der Waals surface area contributed by atoms with Gasteiger partial charge in [0.25, 0.3) is 11.8 Å². The second-order valence-electron chi connectivity index (χ2n) is 6.18. The van der Waals surface area contributed by atoms with Crippen molar-refractivity contribution in [3.8, 4) is 0 Å². The Morgan fingerprint density at radius 1 is 1.21 bits per heavy atom. The number of ether oxygens (including phenoxy) is 2. The van der Waals surface area contributed by atoms with Crippen LogP contribution in [0.25, 0.3) is 0 Å². The molecule has 4 rings (SSSR count). The Balaban J connectivity index is 1.42. The third kappa shape index (κ3) is 4.36. The van der Waals surface area contributed by atoms with E-state index in [1.165, 1.54) is 29.2 Å². The number of rotatable bonds is 5. The van der Waals surface area contributed by atoms with Crippen molar-refractivity contribution in [1.29, 1.82) is 0 Å². The molecule has 8 nitrogen and oxygen atoms in total. The van der Waals surface area contributed by atoms with Crippen molar-refractivity contribution in [2.24, 2.45) is 0 Å². The predicted octanol–water partition coefficient (Wildman–Crippen LogP) is 2.52. The highest BCUT2D eigenvalue weighted by molar-refractivity contribution is 7.18. The summed E-state index contributed by atoms with van der Waals surface area (Å²) in [5.41, 5.74) is 0.554. The minimum Gasteiger partial charge on any atom is -0.442 e. The second-order valence-corrected chi connectivity index (χ2v) is 7.89. The summed E-state index contributed by atoms with van der Waals surface area (Å²) in [7, 11) is 0. The van der Waals surface area contributed by atoms with E-state index in [0.717, 1.165) is 11.3 Å². The van der Waals surface area contributed by atoms with Crippen LogP contribution in [0.3, 0.4) is 0 Å². The van der Waals surface area contributed by atoms with Crippen LogP contribution in [0.4, 0.5) is 16.2 Å². The van der Waals surface area contributed by atoms with Crippen molar-refractivity contribution in [2.45, 2.75) is 6.10 Å². The Morgan fingerprint density at radius 3 is 2.62 bits per heavy atom. The number of benzene rings is 1. The van der Waals surface area contributed by atoms with Crippen LogP contribution in [0.5, 0.6) is 0 Å². The summed E-state index contributed by atoms with van der Waals surface area (Å²) in [5.74, 6) is -1.05. The zero-order valence-corrected chi connectivity index (χ0v) is 16.5. The normalized spacial score (nSPS) is 24.9. The molecule has 0 spiro atoms. The molecule has 3 heterocycles. The van der Waals surface area contributed by atoms with E-state index in [2.05, 4.69) is 5.32 Å². The first-order chi connectivity index (χ1) is 15.5. The first-order valence-electron chi connectivity index (χ1n) is 10.6. The minimum atomic E-state index is -2.73. The summed E-state index contributed by atoms with van der Waals surface area (Å²) in [4.78, 5) is 39.2. The number of nitrogens with zero attached hydrogens (tertiary/aromatic N) is 2. The molecule has 2 aromatic rings. The number of cyclic esters (lactones) is 1. The Morgan fingerprint density at radius 2 is 1.93 bits per heavy atom. The maximum Gasteiger partial charge on any atom is 0.414 e. The van der Waals surface area contributed by atoms with Crippen LogP contribution in [-0.4, -0.2) is 56.8 Å². The van der Waals surface area contributed by atoms with Gasteiger partial charge in [0.15, 0.2) is 0 Å². The van der Waals surface area contributed by atoms with Gasteiger partial charge >= 0.3 is 6.09 Å². The average molecular weight is 440 g/mol. The Labute approximate surface area is 181 Å². The van der Waals surface area contributed by atoms with E-state index >= 15 is 0 Å². The number of hydrogen-bond donors (Lipinski definition) is 1. The number of thiophene rings is 1. The lowest BCUT2D eigenvalue weighted by molar-refractivity contribution is -0.125. The van der Waals surface area contributed by atoms with Crippen LogP contribution in [0.1, 0.15) is 15.2 Å². The molecule has 2 fully saturated rings. The molecule has 29 heavy (non-hydrogen) atoms. The number of amides is 3. The Bertz CT molecular complexity index is 1100. The van der Waals surface area contributed by atoms with E-state index in [1.54, 1.807) is 12.1 Å². The van der Waals surface area contributed by atoms with Crippen molar-refractivity contribution in [3.05, 3.63) is 45.6 Å². The third-order valence-electron chi connectivity index (χ3n) is 4.26. The Kier molecular flexibility index (Phi) is 4.42. The van der Waals surface area contributed by atoms with E-state index in [1.807, 2.05) is 0 Å². The van der Waals surface area contributed by atoms with Crippen LogP contribution in [-0.2, 0) is 14.3 Å². The lowest BCUT2D eigenvalue weighted by atomic mass is 10.2. The van der Waals surface area contributed by atoms with E-state index in [0.29, 0.717) is 19.8 Å². The van der Waals surface area contributed by atoms with Crippen LogP contribution in [0.2, 0.25) is 4.34 Å². The van der Waals surface area contributed by atoms with Crippen molar-refractivity contribution in [2.75, 3.05) is 42.6 Å². The van der Waals surface area contributed by atoms with Gasteiger partial charge in [-0.25, -0.2) is 4.79 Å². The van der Waals surface area contributed by atoms with Crippen molar-refractivity contribution >= 4 is 52.2 Å². The largest absolute Gasteiger partial charge is 0.442 e. The summed E-state index contributed by atoms with van der Waals surface area (Å²) in [6.07, 6.45) is -1.20. The highest BCUT2D eigenvalue weighted by Crippen LogP contribution is 2.26. The lowest BCUT2D eigenvalue weighted by Crippen LogP contribution is -2.41.